The number of halogens is 3. The molecule has 0 aliphatic rings. The van der Waals surface area contributed by atoms with Gasteiger partial charge < -0.3 is 0 Å². The van der Waals surface area contributed by atoms with E-state index < -0.39 is 11.9 Å². The number of hydrazine groups is 1. The molecule has 2 aromatic rings. The molecule has 0 saturated carbocycles. The summed E-state index contributed by atoms with van der Waals surface area (Å²) in [5.41, 5.74) is 3.67. The van der Waals surface area contributed by atoms with Gasteiger partial charge in [-0.05, 0) is 29.8 Å². The van der Waals surface area contributed by atoms with Gasteiger partial charge in [0, 0.05) is 16.8 Å². The van der Waals surface area contributed by atoms with Crippen LogP contribution in [0.25, 0.3) is 0 Å². The minimum Gasteiger partial charge on any atom is -0.271 e. The number of aromatic nitrogens is 1. The molecule has 0 aliphatic heterocycles. The molecule has 0 bridgehead atoms. The van der Waals surface area contributed by atoms with Crippen LogP contribution in [0.15, 0.2) is 36.5 Å². The Balaban J connectivity index is 2.45. The molecule has 0 fully saturated rings. The molecule has 94 valence electrons. The van der Waals surface area contributed by atoms with Crippen molar-refractivity contribution >= 4 is 23.2 Å². The Labute approximate surface area is 114 Å². The fourth-order valence-corrected chi connectivity index (χ4v) is 2.04. The lowest BCUT2D eigenvalue weighted by atomic mass is 10.00. The second kappa shape index (κ2) is 5.63. The van der Waals surface area contributed by atoms with Crippen molar-refractivity contribution in [2.75, 3.05) is 0 Å². The summed E-state index contributed by atoms with van der Waals surface area (Å²) in [6, 6.07) is 7.25. The summed E-state index contributed by atoms with van der Waals surface area (Å²) in [5.74, 6) is 5.05. The summed E-state index contributed by atoms with van der Waals surface area (Å²) in [6.45, 7) is 0. The van der Waals surface area contributed by atoms with Crippen LogP contribution in [0.4, 0.5) is 4.39 Å². The lowest BCUT2D eigenvalue weighted by Crippen LogP contribution is -2.29. The molecule has 1 aromatic carbocycles. The van der Waals surface area contributed by atoms with Gasteiger partial charge in [0.2, 0.25) is 0 Å². The number of hydrogen-bond donors (Lipinski definition) is 2. The maximum Gasteiger partial charge on any atom is 0.129 e. The van der Waals surface area contributed by atoms with E-state index in [0.717, 1.165) is 5.56 Å². The van der Waals surface area contributed by atoms with Crippen molar-refractivity contribution in [3.8, 4) is 0 Å². The minimum absolute atomic E-state index is 0.321. The average Bonchev–Trinajstić information content (AvgIpc) is 2.33. The summed E-state index contributed by atoms with van der Waals surface area (Å²) in [4.78, 5) is 3.87. The Morgan fingerprint density at radius 3 is 2.61 bits per heavy atom. The monoisotopic (exact) mass is 285 g/mol. The zero-order valence-electron chi connectivity index (χ0n) is 9.20. The molecule has 3 N–H and O–H groups in total. The van der Waals surface area contributed by atoms with E-state index in [1.165, 1.54) is 12.3 Å². The smallest absolute Gasteiger partial charge is 0.129 e. The molecule has 3 nitrogen and oxygen atoms in total. The van der Waals surface area contributed by atoms with E-state index in [9.17, 15) is 4.39 Å². The maximum absolute atomic E-state index is 13.8. The average molecular weight is 286 g/mol. The largest absolute Gasteiger partial charge is 0.271 e. The van der Waals surface area contributed by atoms with Gasteiger partial charge in [0.15, 0.2) is 0 Å². The summed E-state index contributed by atoms with van der Waals surface area (Å²) in [5, 5.41) is 0.655. The van der Waals surface area contributed by atoms with Gasteiger partial charge in [-0.3, -0.25) is 5.84 Å². The third kappa shape index (κ3) is 2.79. The summed E-state index contributed by atoms with van der Waals surface area (Å²) >= 11 is 11.5. The first-order valence-corrected chi connectivity index (χ1v) is 5.90. The molecule has 6 heteroatoms. The van der Waals surface area contributed by atoms with Gasteiger partial charge in [-0.25, -0.2) is 14.8 Å². The molecule has 18 heavy (non-hydrogen) atoms. The van der Waals surface area contributed by atoms with Crippen LogP contribution in [0, 0.1) is 5.82 Å². The molecule has 1 aromatic heterocycles. The standard InChI is InChI=1S/C12H10Cl2FN3/c13-8-1-2-9(10(15)6-8)12(18-16)7-3-4-17-11(14)5-7/h1-6,12,18H,16H2. The first-order chi connectivity index (χ1) is 8.61. The molecule has 0 aliphatic carbocycles. The van der Waals surface area contributed by atoms with E-state index in [-0.39, 0.29) is 0 Å². The second-order valence-corrected chi connectivity index (χ2v) is 4.50. The highest BCUT2D eigenvalue weighted by Crippen LogP contribution is 2.26. The van der Waals surface area contributed by atoms with Gasteiger partial charge in [-0.2, -0.15) is 0 Å². The summed E-state index contributed by atoms with van der Waals surface area (Å²) in [7, 11) is 0. The van der Waals surface area contributed by atoms with Gasteiger partial charge in [0.05, 0.1) is 6.04 Å². The zero-order chi connectivity index (χ0) is 13.1. The molecule has 0 radical (unpaired) electrons. The lowest BCUT2D eigenvalue weighted by Gasteiger charge is -2.17. The van der Waals surface area contributed by atoms with Crippen LogP contribution in [-0.2, 0) is 0 Å². The Morgan fingerprint density at radius 2 is 2.00 bits per heavy atom. The van der Waals surface area contributed by atoms with Crippen LogP contribution in [0.1, 0.15) is 17.2 Å². The van der Waals surface area contributed by atoms with Crippen molar-refractivity contribution in [2.24, 2.45) is 5.84 Å². The zero-order valence-corrected chi connectivity index (χ0v) is 10.7. The van der Waals surface area contributed by atoms with E-state index in [0.29, 0.717) is 15.7 Å². The Bertz CT molecular complexity index is 563. The number of nitrogens with zero attached hydrogens (tertiary/aromatic N) is 1. The van der Waals surface area contributed by atoms with Crippen molar-refractivity contribution in [1.82, 2.24) is 10.4 Å². The van der Waals surface area contributed by atoms with Crippen LogP contribution in [0.2, 0.25) is 10.2 Å². The summed E-state index contributed by atoms with van der Waals surface area (Å²) in [6.07, 6.45) is 1.54. The molecule has 1 unspecified atom stereocenters. The van der Waals surface area contributed by atoms with Crippen molar-refractivity contribution in [1.29, 1.82) is 0 Å². The van der Waals surface area contributed by atoms with Crippen LogP contribution in [0.5, 0.6) is 0 Å². The van der Waals surface area contributed by atoms with E-state index in [2.05, 4.69) is 10.4 Å². The molecule has 0 spiro atoms. The Kier molecular flexibility index (Phi) is 4.14. The van der Waals surface area contributed by atoms with Gasteiger partial charge >= 0.3 is 0 Å². The number of nitrogens with one attached hydrogen (secondary N) is 1. The number of hydrogen-bond acceptors (Lipinski definition) is 3. The third-order valence-electron chi connectivity index (χ3n) is 2.52. The topological polar surface area (TPSA) is 50.9 Å². The van der Waals surface area contributed by atoms with E-state index in [4.69, 9.17) is 29.0 Å². The molecular weight excluding hydrogens is 276 g/mol. The number of rotatable bonds is 3. The molecule has 1 atom stereocenters. The van der Waals surface area contributed by atoms with Crippen molar-refractivity contribution in [2.45, 2.75) is 6.04 Å². The SMILES string of the molecule is NNC(c1ccnc(Cl)c1)c1ccc(Cl)cc1F. The van der Waals surface area contributed by atoms with Crippen LogP contribution in [0.3, 0.4) is 0 Å². The molecule has 2 rings (SSSR count). The fourth-order valence-electron chi connectivity index (χ4n) is 1.70. The second-order valence-electron chi connectivity index (χ2n) is 3.68. The van der Waals surface area contributed by atoms with Crippen LogP contribution >= 0.6 is 23.2 Å². The van der Waals surface area contributed by atoms with Gasteiger partial charge in [-0.1, -0.05) is 29.3 Å². The maximum atomic E-state index is 13.8. The number of nitrogens with two attached hydrogens (primary N) is 1. The Hall–Kier alpha value is -1.20. The fraction of sp³-hybridized carbons (Fsp3) is 0.0833. The van der Waals surface area contributed by atoms with Crippen LogP contribution < -0.4 is 11.3 Å². The highest BCUT2D eigenvalue weighted by atomic mass is 35.5. The van der Waals surface area contributed by atoms with E-state index in [1.807, 2.05) is 0 Å². The highest BCUT2D eigenvalue weighted by molar-refractivity contribution is 6.30. The quantitative estimate of drug-likeness (QED) is 0.518. The highest BCUT2D eigenvalue weighted by Gasteiger charge is 2.17. The van der Waals surface area contributed by atoms with E-state index in [1.54, 1.807) is 24.3 Å². The van der Waals surface area contributed by atoms with Crippen molar-refractivity contribution in [3.63, 3.8) is 0 Å². The van der Waals surface area contributed by atoms with Gasteiger partial charge in [0.1, 0.15) is 11.0 Å². The first-order valence-electron chi connectivity index (χ1n) is 5.14. The van der Waals surface area contributed by atoms with E-state index >= 15 is 0 Å². The number of pyridine rings is 1. The number of benzene rings is 1. The lowest BCUT2D eigenvalue weighted by molar-refractivity contribution is 0.560. The molecule has 0 amide bonds. The van der Waals surface area contributed by atoms with Crippen LogP contribution in [-0.4, -0.2) is 4.98 Å². The van der Waals surface area contributed by atoms with Gasteiger partial charge in [0.25, 0.3) is 0 Å². The van der Waals surface area contributed by atoms with Crippen molar-refractivity contribution < 1.29 is 4.39 Å². The summed E-state index contributed by atoms with van der Waals surface area (Å²) < 4.78 is 13.8. The minimum atomic E-state index is -0.511. The van der Waals surface area contributed by atoms with Crippen molar-refractivity contribution in [3.05, 3.63) is 63.6 Å². The normalized spacial score (nSPS) is 12.4. The predicted octanol–water partition coefficient (Wildman–Crippen LogP) is 3.08. The van der Waals surface area contributed by atoms with Gasteiger partial charge in [-0.15, -0.1) is 0 Å². The third-order valence-corrected chi connectivity index (χ3v) is 2.97. The molecule has 1 heterocycles. The molecule has 0 saturated heterocycles. The first kappa shape index (κ1) is 13.2. The predicted molar refractivity (Wildman–Crippen MR) is 69.8 cm³/mol. The molecular formula is C12H10Cl2FN3. The Morgan fingerprint density at radius 1 is 1.22 bits per heavy atom.